The van der Waals surface area contributed by atoms with Gasteiger partial charge in [-0.1, -0.05) is 25.5 Å². The summed E-state index contributed by atoms with van der Waals surface area (Å²) in [6, 6.07) is 4.87. The zero-order valence-electron chi connectivity index (χ0n) is 13.9. The highest BCUT2D eigenvalue weighted by Crippen LogP contribution is 2.36. The summed E-state index contributed by atoms with van der Waals surface area (Å²) in [6.45, 7) is 2.46. The molecule has 0 aliphatic carbocycles. The second-order valence-corrected chi connectivity index (χ2v) is 6.26. The number of halogens is 2. The molecular weight excluding hydrogens is 314 g/mol. The molecule has 6 heteroatoms. The standard InChI is InChI=1S/C18H24F2N2O2/c1-2-3-11(8-9-21)13-5-4-12(10-15(13)17(19)20)14-6-7-16(23)22-18(14)24/h4-5,10-11,14,17H,2-3,6-9,21H2,1H3,(H,22,23,24). The normalized spacial score (nSPS) is 19.5. The Hall–Kier alpha value is -1.82. The van der Waals surface area contributed by atoms with Crippen LogP contribution in [0.3, 0.4) is 0 Å². The van der Waals surface area contributed by atoms with Gasteiger partial charge in [0, 0.05) is 12.0 Å². The molecule has 2 atom stereocenters. The molecule has 1 fully saturated rings. The molecule has 2 rings (SSSR count). The van der Waals surface area contributed by atoms with E-state index in [2.05, 4.69) is 5.32 Å². The molecule has 0 spiro atoms. The first-order valence-corrected chi connectivity index (χ1v) is 8.43. The van der Waals surface area contributed by atoms with E-state index >= 15 is 0 Å². The van der Waals surface area contributed by atoms with Crippen molar-refractivity contribution < 1.29 is 18.4 Å². The Kier molecular flexibility index (Phi) is 6.43. The average Bonchev–Trinajstić information content (AvgIpc) is 2.54. The molecule has 3 N–H and O–H groups in total. The van der Waals surface area contributed by atoms with E-state index in [4.69, 9.17) is 5.73 Å². The third kappa shape index (κ3) is 4.17. The number of hydrogen-bond donors (Lipinski definition) is 2. The molecule has 2 unspecified atom stereocenters. The molecule has 1 aliphatic heterocycles. The van der Waals surface area contributed by atoms with Crippen LogP contribution >= 0.6 is 0 Å². The van der Waals surface area contributed by atoms with Crippen LogP contribution in [0.2, 0.25) is 0 Å². The Labute approximate surface area is 140 Å². The number of rotatable bonds is 7. The fraction of sp³-hybridized carbons (Fsp3) is 0.556. The maximum Gasteiger partial charge on any atom is 0.264 e. The van der Waals surface area contributed by atoms with Crippen LogP contribution < -0.4 is 11.1 Å². The predicted molar refractivity (Wildman–Crippen MR) is 87.8 cm³/mol. The molecule has 4 nitrogen and oxygen atoms in total. The van der Waals surface area contributed by atoms with E-state index in [1.807, 2.05) is 6.92 Å². The number of carbonyl (C=O) groups excluding carboxylic acids is 2. The van der Waals surface area contributed by atoms with Crippen molar-refractivity contribution in [3.8, 4) is 0 Å². The minimum Gasteiger partial charge on any atom is -0.330 e. The van der Waals surface area contributed by atoms with E-state index in [1.165, 1.54) is 6.07 Å². The summed E-state index contributed by atoms with van der Waals surface area (Å²) in [7, 11) is 0. The fourth-order valence-corrected chi connectivity index (χ4v) is 3.39. The first kappa shape index (κ1) is 18.5. The lowest BCUT2D eigenvalue weighted by Gasteiger charge is -2.24. The van der Waals surface area contributed by atoms with Gasteiger partial charge in [-0.3, -0.25) is 14.9 Å². The molecule has 1 aliphatic rings. The minimum absolute atomic E-state index is 0.000176. The minimum atomic E-state index is -2.61. The summed E-state index contributed by atoms with van der Waals surface area (Å²) in [6.07, 6.45) is 0.328. The van der Waals surface area contributed by atoms with Gasteiger partial charge in [0.25, 0.3) is 6.43 Å². The smallest absolute Gasteiger partial charge is 0.264 e. The van der Waals surface area contributed by atoms with Crippen LogP contribution in [0, 0.1) is 0 Å². The molecule has 0 radical (unpaired) electrons. The van der Waals surface area contributed by atoms with E-state index in [9.17, 15) is 18.4 Å². The quantitative estimate of drug-likeness (QED) is 0.749. The molecule has 0 aromatic heterocycles. The molecule has 0 saturated carbocycles. The predicted octanol–water partition coefficient (Wildman–Crippen LogP) is 3.38. The van der Waals surface area contributed by atoms with Gasteiger partial charge in [0.1, 0.15) is 0 Å². The van der Waals surface area contributed by atoms with Gasteiger partial charge in [0.15, 0.2) is 0 Å². The molecule has 1 aromatic carbocycles. The molecular formula is C18H24F2N2O2. The Morgan fingerprint density at radius 2 is 2.00 bits per heavy atom. The highest BCUT2D eigenvalue weighted by Gasteiger charge is 2.29. The second kappa shape index (κ2) is 8.33. The SMILES string of the molecule is CCCC(CCN)c1ccc(C2CCC(=O)NC2=O)cc1C(F)F. The van der Waals surface area contributed by atoms with Crippen molar-refractivity contribution in [2.45, 2.75) is 57.3 Å². The number of imide groups is 1. The van der Waals surface area contributed by atoms with Crippen molar-refractivity contribution in [2.24, 2.45) is 5.73 Å². The van der Waals surface area contributed by atoms with E-state index < -0.39 is 18.3 Å². The van der Waals surface area contributed by atoms with Crippen LogP contribution in [0.15, 0.2) is 18.2 Å². The summed E-state index contributed by atoms with van der Waals surface area (Å²) in [5, 5.41) is 2.27. The highest BCUT2D eigenvalue weighted by atomic mass is 19.3. The van der Waals surface area contributed by atoms with Gasteiger partial charge in [-0.2, -0.15) is 0 Å². The van der Waals surface area contributed by atoms with Gasteiger partial charge in [-0.15, -0.1) is 0 Å². The van der Waals surface area contributed by atoms with Crippen molar-refractivity contribution in [1.29, 1.82) is 0 Å². The molecule has 24 heavy (non-hydrogen) atoms. The van der Waals surface area contributed by atoms with E-state index in [1.54, 1.807) is 12.1 Å². The summed E-state index contributed by atoms with van der Waals surface area (Å²) >= 11 is 0. The van der Waals surface area contributed by atoms with E-state index in [0.29, 0.717) is 30.5 Å². The number of nitrogens with two attached hydrogens (primary N) is 1. The maximum atomic E-state index is 13.6. The zero-order valence-corrected chi connectivity index (χ0v) is 13.9. The highest BCUT2D eigenvalue weighted by molar-refractivity contribution is 6.00. The molecule has 0 bridgehead atoms. The largest absolute Gasteiger partial charge is 0.330 e. The molecule has 2 amide bonds. The molecule has 1 heterocycles. The number of carbonyl (C=O) groups is 2. The van der Waals surface area contributed by atoms with Crippen LogP contribution in [0.4, 0.5) is 8.78 Å². The zero-order chi connectivity index (χ0) is 17.7. The first-order valence-electron chi connectivity index (χ1n) is 8.43. The van der Waals surface area contributed by atoms with Crippen molar-refractivity contribution >= 4 is 11.8 Å². The monoisotopic (exact) mass is 338 g/mol. The molecule has 1 saturated heterocycles. The molecule has 1 aromatic rings. The Balaban J connectivity index is 2.35. The number of amides is 2. The van der Waals surface area contributed by atoms with Crippen molar-refractivity contribution in [3.63, 3.8) is 0 Å². The van der Waals surface area contributed by atoms with Crippen molar-refractivity contribution in [3.05, 3.63) is 34.9 Å². The topological polar surface area (TPSA) is 72.2 Å². The van der Waals surface area contributed by atoms with Gasteiger partial charge >= 0.3 is 0 Å². The average molecular weight is 338 g/mol. The number of piperidine rings is 1. The summed E-state index contributed by atoms with van der Waals surface area (Å²) in [5.74, 6) is -1.27. The van der Waals surface area contributed by atoms with Gasteiger partial charge in [-0.25, -0.2) is 8.78 Å². The Morgan fingerprint density at radius 3 is 2.58 bits per heavy atom. The van der Waals surface area contributed by atoms with Gasteiger partial charge in [-0.05, 0) is 48.9 Å². The van der Waals surface area contributed by atoms with Gasteiger partial charge < -0.3 is 5.73 Å². The number of benzene rings is 1. The number of hydrogen-bond acceptors (Lipinski definition) is 3. The summed E-state index contributed by atoms with van der Waals surface area (Å²) < 4.78 is 27.2. The van der Waals surface area contributed by atoms with Crippen LogP contribution in [0.5, 0.6) is 0 Å². The van der Waals surface area contributed by atoms with Crippen LogP contribution in [-0.4, -0.2) is 18.4 Å². The lowest BCUT2D eigenvalue weighted by Crippen LogP contribution is -2.39. The summed E-state index contributed by atoms with van der Waals surface area (Å²) in [5.41, 5.74) is 6.77. The van der Waals surface area contributed by atoms with E-state index in [0.717, 1.165) is 12.8 Å². The number of alkyl halides is 2. The van der Waals surface area contributed by atoms with E-state index in [-0.39, 0.29) is 23.8 Å². The van der Waals surface area contributed by atoms with Crippen LogP contribution in [0.25, 0.3) is 0 Å². The van der Waals surface area contributed by atoms with Crippen molar-refractivity contribution in [2.75, 3.05) is 6.54 Å². The molecule has 132 valence electrons. The van der Waals surface area contributed by atoms with Crippen LogP contribution in [0.1, 0.15) is 74.0 Å². The Morgan fingerprint density at radius 1 is 1.25 bits per heavy atom. The lowest BCUT2D eigenvalue weighted by molar-refractivity contribution is -0.134. The summed E-state index contributed by atoms with van der Waals surface area (Å²) in [4.78, 5) is 23.2. The number of nitrogens with one attached hydrogen (secondary N) is 1. The van der Waals surface area contributed by atoms with Gasteiger partial charge in [0.2, 0.25) is 11.8 Å². The van der Waals surface area contributed by atoms with Gasteiger partial charge in [0.05, 0.1) is 5.92 Å². The maximum absolute atomic E-state index is 13.6. The van der Waals surface area contributed by atoms with Crippen LogP contribution in [-0.2, 0) is 9.59 Å². The third-order valence-electron chi connectivity index (χ3n) is 4.58. The first-order chi connectivity index (χ1) is 11.5. The Bertz CT molecular complexity index is 599. The fourth-order valence-electron chi connectivity index (χ4n) is 3.39. The van der Waals surface area contributed by atoms with Crippen molar-refractivity contribution in [1.82, 2.24) is 5.32 Å². The second-order valence-electron chi connectivity index (χ2n) is 6.26. The third-order valence-corrected chi connectivity index (χ3v) is 4.58. The lowest BCUT2D eigenvalue weighted by atomic mass is 9.84.